The summed E-state index contributed by atoms with van der Waals surface area (Å²) in [6.07, 6.45) is 0. The van der Waals surface area contributed by atoms with E-state index < -0.39 is 0 Å². The van der Waals surface area contributed by atoms with Crippen LogP contribution in [0.2, 0.25) is 0 Å². The van der Waals surface area contributed by atoms with E-state index in [-0.39, 0.29) is 0 Å². The fraction of sp³-hybridized carbons (Fsp3) is 0. The molecule has 0 fully saturated rings. The van der Waals surface area contributed by atoms with Crippen molar-refractivity contribution in [2.75, 3.05) is 0 Å². The van der Waals surface area contributed by atoms with Crippen molar-refractivity contribution in [2.45, 2.75) is 0 Å². The van der Waals surface area contributed by atoms with Crippen molar-refractivity contribution in [3.8, 4) is 78.6 Å². The van der Waals surface area contributed by atoms with Gasteiger partial charge in [-0.15, -0.1) is 0 Å². The van der Waals surface area contributed by atoms with Crippen molar-refractivity contribution in [1.29, 1.82) is 0 Å². The summed E-state index contributed by atoms with van der Waals surface area (Å²) in [6, 6.07) is 181. The molecule has 0 atom stereocenters. The molecule has 616 valence electrons. The van der Waals surface area contributed by atoms with Gasteiger partial charge in [-0.1, -0.05) is 315 Å². The highest BCUT2D eigenvalue weighted by Gasteiger charge is 2.23. The van der Waals surface area contributed by atoms with Gasteiger partial charge in [0.15, 0.2) is 0 Å². The molecule has 0 spiro atoms. The quantitative estimate of drug-likeness (QED) is 0.131. The summed E-state index contributed by atoms with van der Waals surface area (Å²) in [5, 5.41) is 22.7. The first-order valence-electron chi connectivity index (χ1n) is 45.4. The number of benzene rings is 22. The van der Waals surface area contributed by atoms with Gasteiger partial charge in [0.2, 0.25) is 0 Å². The predicted molar refractivity (Wildman–Crippen MR) is 560 cm³/mol. The van der Waals surface area contributed by atoms with Crippen LogP contribution in [0.1, 0.15) is 0 Å². The van der Waals surface area contributed by atoms with E-state index in [4.69, 9.17) is 0 Å². The van der Waals surface area contributed by atoms with Crippen LogP contribution in [-0.2, 0) is 0 Å². The topological polar surface area (TPSA) is 29.6 Å². The second-order valence-electron chi connectivity index (χ2n) is 34.7. The number of fused-ring (bicyclic) bond motifs is 21. The smallest absolute Gasteiger partial charge is 0.0541 e. The third-order valence-electron chi connectivity index (χ3n) is 27.3. The van der Waals surface area contributed by atoms with Crippen molar-refractivity contribution in [2.24, 2.45) is 0 Å². The lowest BCUT2D eigenvalue weighted by atomic mass is 9.99. The lowest BCUT2D eigenvalue weighted by Gasteiger charge is -2.12. The van der Waals surface area contributed by atoms with E-state index in [9.17, 15) is 0 Å². The Morgan fingerprint density at radius 3 is 0.644 bits per heavy atom. The summed E-state index contributed by atoms with van der Waals surface area (Å²) in [4.78, 5) is 0. The van der Waals surface area contributed by atoms with Crippen LogP contribution in [-0.4, -0.2) is 27.4 Å². The average molecular weight is 1680 g/mol. The predicted octanol–water partition coefficient (Wildman–Crippen LogP) is 33.8. The number of hydrogen-bond acceptors (Lipinski definition) is 0. The van der Waals surface area contributed by atoms with E-state index in [1.807, 2.05) is 0 Å². The number of rotatable bonds is 10. The summed E-state index contributed by atoms with van der Waals surface area (Å²) in [5.41, 5.74) is 31.5. The molecule has 0 aliphatic rings. The molecule has 0 radical (unpaired) electrons. The van der Waals surface area contributed by atoms with Gasteiger partial charge in [-0.3, -0.25) is 0 Å². The molecule has 0 aliphatic carbocycles. The Labute approximate surface area is 761 Å². The molecule has 6 aromatic heterocycles. The maximum Gasteiger partial charge on any atom is 0.0541 e. The Kier molecular flexibility index (Phi) is 17.9. The molecule has 6 heterocycles. The van der Waals surface area contributed by atoms with Crippen LogP contribution in [0, 0.1) is 0 Å². The van der Waals surface area contributed by atoms with Gasteiger partial charge in [0, 0.05) is 98.5 Å². The molecule has 6 nitrogen and oxygen atoms in total. The fourth-order valence-corrected chi connectivity index (χ4v) is 21.2. The molecular weight excluding hydrogens is 1600 g/mol. The standard InChI is InChI=1S/C46H30N2.2C40H26N2/c1-3-11-31(12-4-1)34-20-24-45-41(28-34)42-30-36(22-26-46(42)47(45)37-15-5-2-6-16-37)35-21-25-44-40(29-35)39-17-9-10-18-43(39)48(44)38-23-19-32-13-7-8-14-33(32)27-38;1-2-13-30(14-3-1)41-37-18-8-6-16-32(37)34-25-28(21-23-39(34)41)29-22-24-40-35(26-29)33-17-7-9-19-38(33)42(40)36-20-10-12-27-11-4-5-15-31(27)36;1-2-12-31(13-3-1)41-37-16-8-6-14-33(37)35-25-29(19-22-39(35)41)30-20-23-40-36(26-30)34-15-7-9-17-38(34)42(40)32-21-18-27-10-4-5-11-28(27)24-32/h1-30H;2*1-26H. The van der Waals surface area contributed by atoms with E-state index in [0.717, 1.165) is 0 Å². The monoisotopic (exact) mass is 1680 g/mol. The van der Waals surface area contributed by atoms with Crippen LogP contribution in [0.3, 0.4) is 0 Å². The zero-order valence-electron chi connectivity index (χ0n) is 72.0. The summed E-state index contributed by atoms with van der Waals surface area (Å²) in [7, 11) is 0. The van der Waals surface area contributed by atoms with Gasteiger partial charge >= 0.3 is 0 Å². The summed E-state index contributed by atoms with van der Waals surface area (Å²) >= 11 is 0. The minimum Gasteiger partial charge on any atom is -0.309 e. The van der Waals surface area contributed by atoms with Gasteiger partial charge in [-0.05, 0) is 253 Å². The number of para-hydroxylation sites is 8. The zero-order valence-corrected chi connectivity index (χ0v) is 72.0. The maximum atomic E-state index is 2.42. The van der Waals surface area contributed by atoms with Gasteiger partial charge in [-0.25, -0.2) is 0 Å². The molecule has 0 N–H and O–H groups in total. The first-order chi connectivity index (χ1) is 65.5. The molecule has 0 aliphatic heterocycles. The highest BCUT2D eigenvalue weighted by atomic mass is 15.0. The van der Waals surface area contributed by atoms with Crippen molar-refractivity contribution < 1.29 is 0 Å². The number of aromatic nitrogens is 6. The van der Waals surface area contributed by atoms with Crippen LogP contribution in [0.15, 0.2) is 497 Å². The van der Waals surface area contributed by atoms with Crippen LogP contribution < -0.4 is 0 Å². The van der Waals surface area contributed by atoms with Crippen molar-refractivity contribution >= 4 is 163 Å². The minimum atomic E-state index is 1.17. The maximum absolute atomic E-state index is 2.42. The number of nitrogens with zero attached hydrogens (tertiary/aromatic N) is 6. The second kappa shape index (κ2) is 31.2. The van der Waals surface area contributed by atoms with Crippen molar-refractivity contribution in [3.63, 3.8) is 0 Å². The highest BCUT2D eigenvalue weighted by molar-refractivity contribution is 6.18. The van der Waals surface area contributed by atoms with Crippen molar-refractivity contribution in [3.05, 3.63) is 497 Å². The molecule has 0 saturated carbocycles. The van der Waals surface area contributed by atoms with E-state index >= 15 is 0 Å². The Morgan fingerprint density at radius 2 is 0.318 bits per heavy atom. The van der Waals surface area contributed by atoms with Gasteiger partial charge in [-0.2, -0.15) is 0 Å². The Balaban J connectivity index is 0.000000104. The van der Waals surface area contributed by atoms with E-state index in [1.165, 1.54) is 242 Å². The van der Waals surface area contributed by atoms with Crippen molar-refractivity contribution in [1.82, 2.24) is 27.4 Å². The molecule has 6 heteroatoms. The lowest BCUT2D eigenvalue weighted by molar-refractivity contribution is 1.18. The molecule has 0 unspecified atom stereocenters. The number of hydrogen-bond donors (Lipinski definition) is 0. The SMILES string of the molecule is c1ccc(-c2ccc3c(c2)c2cc(-c4ccc5c(c4)c4ccccc4n5-c4ccc5ccccc5c4)ccc2n3-c2ccccc2)cc1.c1ccc(-n2c3ccccc3c3cc(-c4ccc5c(c4)c4ccccc4n5-c4ccc5ccccc5c4)ccc32)cc1.c1ccc(-n2c3ccccc3c3cc(-c4ccc5c(c4)c4ccccc4n5-c4cccc5ccccc45)ccc32)cc1. The summed E-state index contributed by atoms with van der Waals surface area (Å²) in [6.45, 7) is 0. The molecule has 28 rings (SSSR count). The largest absolute Gasteiger partial charge is 0.309 e. The van der Waals surface area contributed by atoms with E-state index in [0.29, 0.717) is 0 Å². The third-order valence-corrected chi connectivity index (χ3v) is 27.3. The Hall–Kier alpha value is -17.6. The second-order valence-corrected chi connectivity index (χ2v) is 34.7. The van der Waals surface area contributed by atoms with E-state index in [2.05, 4.69) is 525 Å². The minimum absolute atomic E-state index is 1.17. The molecule has 0 bridgehead atoms. The third kappa shape index (κ3) is 12.6. The molecular formula is C126H82N6. The van der Waals surface area contributed by atoms with Crippen LogP contribution in [0.5, 0.6) is 0 Å². The van der Waals surface area contributed by atoms with Gasteiger partial charge < -0.3 is 27.4 Å². The fourth-order valence-electron chi connectivity index (χ4n) is 21.2. The van der Waals surface area contributed by atoms with Crippen LogP contribution in [0.25, 0.3) is 242 Å². The first-order valence-corrected chi connectivity index (χ1v) is 45.4. The van der Waals surface area contributed by atoms with Gasteiger partial charge in [0.25, 0.3) is 0 Å². The molecule has 132 heavy (non-hydrogen) atoms. The lowest BCUT2D eigenvalue weighted by Crippen LogP contribution is -1.95. The first kappa shape index (κ1) is 75.7. The normalized spacial score (nSPS) is 11.8. The summed E-state index contributed by atoms with van der Waals surface area (Å²) in [5.74, 6) is 0. The molecule has 0 saturated heterocycles. The Bertz CT molecular complexity index is 9460. The zero-order chi connectivity index (χ0) is 86.9. The van der Waals surface area contributed by atoms with E-state index in [1.54, 1.807) is 0 Å². The average Bonchev–Trinajstić information content (AvgIpc) is 1.60. The van der Waals surface area contributed by atoms with Gasteiger partial charge in [0.1, 0.15) is 0 Å². The summed E-state index contributed by atoms with van der Waals surface area (Å²) < 4.78 is 14.4. The molecule has 0 amide bonds. The van der Waals surface area contributed by atoms with Gasteiger partial charge in [0.05, 0.1) is 71.9 Å². The highest BCUT2D eigenvalue weighted by Crippen LogP contribution is 2.46. The van der Waals surface area contributed by atoms with Crippen LogP contribution in [0.4, 0.5) is 0 Å². The van der Waals surface area contributed by atoms with Crippen LogP contribution >= 0.6 is 0 Å². The Morgan fingerprint density at radius 1 is 0.0985 bits per heavy atom. The molecule has 22 aromatic carbocycles. The molecule has 28 aromatic rings.